The van der Waals surface area contributed by atoms with E-state index in [1.165, 1.54) is 6.26 Å². The van der Waals surface area contributed by atoms with Crippen molar-refractivity contribution in [3.05, 3.63) is 59.3 Å². The highest BCUT2D eigenvalue weighted by Gasteiger charge is 2.16. The van der Waals surface area contributed by atoms with Gasteiger partial charge in [0.15, 0.2) is 0 Å². The molecule has 0 bridgehead atoms. The Morgan fingerprint density at radius 3 is 2.73 bits per heavy atom. The fourth-order valence-electron chi connectivity index (χ4n) is 1.53. The fraction of sp³-hybridized carbons (Fsp3) is 0.167. The average molecular weight is 205 g/mol. The predicted octanol–water partition coefficient (Wildman–Crippen LogP) is 2.78. The van der Waals surface area contributed by atoms with Crippen molar-refractivity contribution in [2.75, 3.05) is 0 Å². The lowest BCUT2D eigenvalue weighted by Crippen LogP contribution is -2.13. The van der Waals surface area contributed by atoms with Gasteiger partial charge < -0.3 is 10.2 Å². The highest BCUT2D eigenvalue weighted by Crippen LogP contribution is 2.23. The highest BCUT2D eigenvalue weighted by molar-refractivity contribution is 5.31. The zero-order valence-electron chi connectivity index (χ0n) is 8.41. The van der Waals surface area contributed by atoms with E-state index in [1.54, 1.807) is 37.3 Å². The summed E-state index contributed by atoms with van der Waals surface area (Å²) >= 11 is 0. The third-order valence-corrected chi connectivity index (χ3v) is 2.41. The van der Waals surface area contributed by atoms with Crippen LogP contribution in [-0.2, 0) is 0 Å². The monoisotopic (exact) mass is 205 g/mol. The van der Waals surface area contributed by atoms with E-state index in [4.69, 9.17) is 10.2 Å². The Morgan fingerprint density at radius 1 is 1.27 bits per heavy atom. The van der Waals surface area contributed by atoms with Crippen molar-refractivity contribution in [1.82, 2.24) is 0 Å². The number of aryl methyl sites for hydroxylation is 1. The third-order valence-electron chi connectivity index (χ3n) is 2.41. The maximum atomic E-state index is 13.7. The summed E-state index contributed by atoms with van der Waals surface area (Å²) < 4.78 is 18.9. The molecule has 1 aromatic heterocycles. The average Bonchev–Trinajstić information content (AvgIpc) is 2.74. The molecular weight excluding hydrogens is 193 g/mol. The summed E-state index contributed by atoms with van der Waals surface area (Å²) in [5.41, 5.74) is 6.95. The van der Waals surface area contributed by atoms with Gasteiger partial charge in [-0.25, -0.2) is 4.39 Å². The largest absolute Gasteiger partial charge is 0.467 e. The second kappa shape index (κ2) is 3.87. The Morgan fingerprint density at radius 2 is 2.07 bits per heavy atom. The lowest BCUT2D eigenvalue weighted by molar-refractivity contribution is 0.479. The van der Waals surface area contributed by atoms with E-state index in [0.717, 1.165) is 0 Å². The van der Waals surface area contributed by atoms with E-state index in [1.807, 2.05) is 0 Å². The van der Waals surface area contributed by atoms with Crippen LogP contribution in [0.15, 0.2) is 41.0 Å². The molecule has 78 valence electrons. The standard InChI is InChI=1S/C12H12FNO/c1-8-4-2-5-9(11(8)13)12(14)10-6-3-7-15-10/h2-7,12H,14H2,1H3. The van der Waals surface area contributed by atoms with Gasteiger partial charge >= 0.3 is 0 Å². The molecule has 2 nitrogen and oxygen atoms in total. The van der Waals surface area contributed by atoms with Crippen molar-refractivity contribution in [1.29, 1.82) is 0 Å². The molecule has 0 aliphatic rings. The first-order valence-electron chi connectivity index (χ1n) is 4.74. The molecule has 0 saturated carbocycles. The minimum absolute atomic E-state index is 0.263. The maximum absolute atomic E-state index is 13.7. The van der Waals surface area contributed by atoms with Gasteiger partial charge in [-0.2, -0.15) is 0 Å². The molecule has 0 aliphatic heterocycles. The van der Waals surface area contributed by atoms with Gasteiger partial charge in [0.05, 0.1) is 12.3 Å². The predicted molar refractivity (Wildman–Crippen MR) is 55.9 cm³/mol. The van der Waals surface area contributed by atoms with Gasteiger partial charge in [0.2, 0.25) is 0 Å². The van der Waals surface area contributed by atoms with E-state index in [9.17, 15) is 4.39 Å². The Kier molecular flexibility index (Phi) is 2.56. The van der Waals surface area contributed by atoms with Gasteiger partial charge in [-0.1, -0.05) is 18.2 Å². The van der Waals surface area contributed by atoms with Crippen LogP contribution in [0.1, 0.15) is 22.9 Å². The highest BCUT2D eigenvalue weighted by atomic mass is 19.1. The van der Waals surface area contributed by atoms with Gasteiger partial charge in [0, 0.05) is 5.56 Å². The number of hydrogen-bond acceptors (Lipinski definition) is 2. The minimum Gasteiger partial charge on any atom is -0.467 e. The minimum atomic E-state index is -0.542. The number of hydrogen-bond donors (Lipinski definition) is 1. The zero-order chi connectivity index (χ0) is 10.8. The van der Waals surface area contributed by atoms with Crippen molar-refractivity contribution >= 4 is 0 Å². The molecule has 1 heterocycles. The van der Waals surface area contributed by atoms with Crippen molar-refractivity contribution in [2.45, 2.75) is 13.0 Å². The summed E-state index contributed by atoms with van der Waals surface area (Å²) in [6.45, 7) is 1.72. The first kappa shape index (κ1) is 9.93. The fourth-order valence-corrected chi connectivity index (χ4v) is 1.53. The van der Waals surface area contributed by atoms with Crippen molar-refractivity contribution in [3.63, 3.8) is 0 Å². The van der Waals surface area contributed by atoms with Crippen molar-refractivity contribution < 1.29 is 8.81 Å². The summed E-state index contributed by atoms with van der Waals surface area (Å²) in [5.74, 6) is 0.306. The SMILES string of the molecule is Cc1cccc(C(N)c2ccco2)c1F. The molecule has 0 saturated heterocycles. The van der Waals surface area contributed by atoms with Crippen LogP contribution in [0.2, 0.25) is 0 Å². The van der Waals surface area contributed by atoms with E-state index in [0.29, 0.717) is 16.9 Å². The topological polar surface area (TPSA) is 39.2 Å². The molecule has 2 aromatic rings. The number of rotatable bonds is 2. The van der Waals surface area contributed by atoms with Crippen LogP contribution < -0.4 is 5.73 Å². The number of nitrogens with two attached hydrogens (primary N) is 1. The molecule has 1 aromatic carbocycles. The first-order chi connectivity index (χ1) is 7.20. The summed E-state index contributed by atoms with van der Waals surface area (Å²) in [4.78, 5) is 0. The second-order valence-corrected chi connectivity index (χ2v) is 3.47. The quantitative estimate of drug-likeness (QED) is 0.818. The summed E-state index contributed by atoms with van der Waals surface area (Å²) in [6.07, 6.45) is 1.53. The second-order valence-electron chi connectivity index (χ2n) is 3.47. The Balaban J connectivity index is 2.42. The summed E-state index contributed by atoms with van der Waals surface area (Å²) in [5, 5.41) is 0. The lowest BCUT2D eigenvalue weighted by Gasteiger charge is -2.11. The van der Waals surface area contributed by atoms with E-state index < -0.39 is 6.04 Å². The van der Waals surface area contributed by atoms with Crippen LogP contribution in [0, 0.1) is 12.7 Å². The molecule has 0 aliphatic carbocycles. The van der Waals surface area contributed by atoms with Crippen molar-refractivity contribution in [2.24, 2.45) is 5.73 Å². The summed E-state index contributed by atoms with van der Waals surface area (Å²) in [6, 6.07) is 8.12. The molecule has 0 fully saturated rings. The number of halogens is 1. The van der Waals surface area contributed by atoms with Crippen LogP contribution in [0.4, 0.5) is 4.39 Å². The molecule has 0 radical (unpaired) electrons. The number of furan rings is 1. The summed E-state index contributed by atoms with van der Waals surface area (Å²) in [7, 11) is 0. The van der Waals surface area contributed by atoms with Crippen LogP contribution in [0.5, 0.6) is 0 Å². The normalized spacial score (nSPS) is 12.7. The van der Waals surface area contributed by atoms with Gasteiger partial charge in [0.1, 0.15) is 11.6 Å². The lowest BCUT2D eigenvalue weighted by atomic mass is 10.0. The Hall–Kier alpha value is -1.61. The van der Waals surface area contributed by atoms with Crippen LogP contribution in [0.25, 0.3) is 0 Å². The maximum Gasteiger partial charge on any atom is 0.131 e. The van der Waals surface area contributed by atoms with Gasteiger partial charge in [-0.3, -0.25) is 0 Å². The van der Waals surface area contributed by atoms with E-state index in [-0.39, 0.29) is 5.82 Å². The van der Waals surface area contributed by atoms with E-state index in [2.05, 4.69) is 0 Å². The van der Waals surface area contributed by atoms with Gasteiger partial charge in [-0.15, -0.1) is 0 Å². The Bertz CT molecular complexity index is 451. The van der Waals surface area contributed by atoms with Gasteiger partial charge in [-0.05, 0) is 24.6 Å². The zero-order valence-corrected chi connectivity index (χ0v) is 8.41. The molecule has 0 spiro atoms. The molecule has 2 rings (SSSR count). The molecule has 15 heavy (non-hydrogen) atoms. The van der Waals surface area contributed by atoms with Crippen LogP contribution in [-0.4, -0.2) is 0 Å². The Labute approximate surface area is 87.5 Å². The molecule has 1 unspecified atom stereocenters. The first-order valence-corrected chi connectivity index (χ1v) is 4.74. The molecule has 2 N–H and O–H groups in total. The molecule has 0 amide bonds. The molecule has 1 atom stereocenters. The number of benzene rings is 1. The molecular formula is C12H12FNO. The smallest absolute Gasteiger partial charge is 0.131 e. The van der Waals surface area contributed by atoms with Gasteiger partial charge in [0.25, 0.3) is 0 Å². The van der Waals surface area contributed by atoms with Crippen LogP contribution in [0.3, 0.4) is 0 Å². The molecule has 3 heteroatoms. The van der Waals surface area contributed by atoms with E-state index >= 15 is 0 Å². The van der Waals surface area contributed by atoms with Crippen LogP contribution >= 0.6 is 0 Å². The van der Waals surface area contributed by atoms with Crippen molar-refractivity contribution in [3.8, 4) is 0 Å². The third kappa shape index (κ3) is 1.78.